The second kappa shape index (κ2) is 4.92. The van der Waals surface area contributed by atoms with Crippen molar-refractivity contribution in [3.63, 3.8) is 0 Å². The smallest absolute Gasteiger partial charge is 0.332 e. The van der Waals surface area contributed by atoms with Crippen LogP contribution in [-0.4, -0.2) is 19.1 Å². The quantitative estimate of drug-likeness (QED) is 0.800. The summed E-state index contributed by atoms with van der Waals surface area (Å²) in [5.74, 6) is 1.24. The molecule has 0 atom stereocenters. The highest BCUT2D eigenvalue weighted by molar-refractivity contribution is 5.69. The van der Waals surface area contributed by atoms with Crippen LogP contribution in [0.15, 0.2) is 9.59 Å². The summed E-state index contributed by atoms with van der Waals surface area (Å²) in [5, 5.41) is 0. The van der Waals surface area contributed by atoms with Crippen LogP contribution in [0.5, 0.6) is 0 Å². The summed E-state index contributed by atoms with van der Waals surface area (Å²) >= 11 is 0. The van der Waals surface area contributed by atoms with Crippen molar-refractivity contribution in [3.8, 4) is 0 Å². The standard InChI is InChI=1S/C14H20N4O2/c1-17-12-10(13(19)18(2)14(17)20)15-11(16-12)9-7-5-3-4-6-8-9/h9H,3-8H2,1-2H3,(H,15,16). The SMILES string of the molecule is Cn1c(=O)c2[nH]c(C3CCCCCC3)nc2n(C)c1=O. The van der Waals surface area contributed by atoms with Crippen LogP contribution in [0.25, 0.3) is 11.2 Å². The number of H-pyrrole nitrogens is 1. The monoisotopic (exact) mass is 276 g/mol. The summed E-state index contributed by atoms with van der Waals surface area (Å²) in [5.41, 5.74) is 0.281. The van der Waals surface area contributed by atoms with Crippen LogP contribution in [-0.2, 0) is 14.1 Å². The lowest BCUT2D eigenvalue weighted by molar-refractivity contribution is 0.567. The molecule has 2 heterocycles. The first-order chi connectivity index (χ1) is 9.59. The van der Waals surface area contributed by atoms with Crippen molar-refractivity contribution in [2.75, 3.05) is 0 Å². The highest BCUT2D eigenvalue weighted by Crippen LogP contribution is 2.30. The normalized spacial score (nSPS) is 17.5. The molecule has 3 rings (SSSR count). The Morgan fingerprint density at radius 2 is 1.70 bits per heavy atom. The lowest BCUT2D eigenvalue weighted by Crippen LogP contribution is -2.36. The van der Waals surface area contributed by atoms with E-state index < -0.39 is 0 Å². The average molecular weight is 276 g/mol. The molecular weight excluding hydrogens is 256 g/mol. The molecule has 108 valence electrons. The molecule has 0 amide bonds. The number of hydrogen-bond acceptors (Lipinski definition) is 3. The van der Waals surface area contributed by atoms with Crippen molar-refractivity contribution in [2.24, 2.45) is 14.1 Å². The Morgan fingerprint density at radius 1 is 1.05 bits per heavy atom. The van der Waals surface area contributed by atoms with Gasteiger partial charge in [0.25, 0.3) is 5.56 Å². The van der Waals surface area contributed by atoms with Gasteiger partial charge in [-0.05, 0) is 12.8 Å². The van der Waals surface area contributed by atoms with E-state index in [9.17, 15) is 9.59 Å². The molecule has 0 radical (unpaired) electrons. The van der Waals surface area contributed by atoms with Gasteiger partial charge in [0, 0.05) is 20.0 Å². The summed E-state index contributed by atoms with van der Waals surface area (Å²) in [4.78, 5) is 31.8. The first-order valence-corrected chi connectivity index (χ1v) is 7.25. The van der Waals surface area contributed by atoms with Crippen LogP contribution in [0.2, 0.25) is 0 Å². The average Bonchev–Trinajstić information content (AvgIpc) is 2.71. The molecule has 6 nitrogen and oxygen atoms in total. The third-order valence-corrected chi connectivity index (χ3v) is 4.35. The van der Waals surface area contributed by atoms with Crippen LogP contribution in [0.3, 0.4) is 0 Å². The number of fused-ring (bicyclic) bond motifs is 1. The maximum absolute atomic E-state index is 12.1. The summed E-state index contributed by atoms with van der Waals surface area (Å²) in [6.07, 6.45) is 7.17. The second-order valence-corrected chi connectivity index (χ2v) is 5.71. The molecule has 0 spiro atoms. The van der Waals surface area contributed by atoms with Gasteiger partial charge in [0.05, 0.1) is 0 Å². The van der Waals surface area contributed by atoms with Gasteiger partial charge >= 0.3 is 5.69 Å². The number of imidazole rings is 1. The Hall–Kier alpha value is -1.85. The van der Waals surface area contributed by atoms with Gasteiger partial charge in [-0.15, -0.1) is 0 Å². The van der Waals surface area contributed by atoms with Gasteiger partial charge in [-0.2, -0.15) is 0 Å². The maximum Gasteiger partial charge on any atom is 0.332 e. The van der Waals surface area contributed by atoms with Crippen molar-refractivity contribution in [3.05, 3.63) is 26.7 Å². The Kier molecular flexibility index (Phi) is 3.23. The minimum atomic E-state index is -0.332. The third-order valence-electron chi connectivity index (χ3n) is 4.35. The van der Waals surface area contributed by atoms with Crippen LogP contribution in [0.4, 0.5) is 0 Å². The van der Waals surface area contributed by atoms with Gasteiger partial charge in [-0.3, -0.25) is 13.9 Å². The van der Waals surface area contributed by atoms with E-state index in [1.54, 1.807) is 7.05 Å². The van der Waals surface area contributed by atoms with E-state index in [0.717, 1.165) is 23.2 Å². The molecule has 1 aliphatic rings. The van der Waals surface area contributed by atoms with E-state index in [0.29, 0.717) is 17.1 Å². The van der Waals surface area contributed by atoms with E-state index in [1.165, 1.54) is 37.3 Å². The Bertz CT molecular complexity index is 745. The number of hydrogen-bond donors (Lipinski definition) is 1. The Labute approximate surface area is 116 Å². The largest absolute Gasteiger partial charge is 0.336 e. The molecule has 0 unspecified atom stereocenters. The first kappa shape index (κ1) is 13.1. The van der Waals surface area contributed by atoms with E-state index in [-0.39, 0.29) is 11.2 Å². The molecule has 2 aromatic rings. The van der Waals surface area contributed by atoms with Crippen molar-refractivity contribution in [1.82, 2.24) is 19.1 Å². The highest BCUT2D eigenvalue weighted by atomic mass is 16.2. The summed E-state index contributed by atoms with van der Waals surface area (Å²) in [6, 6.07) is 0. The summed E-state index contributed by atoms with van der Waals surface area (Å²) in [7, 11) is 3.15. The molecular formula is C14H20N4O2. The van der Waals surface area contributed by atoms with Crippen LogP contribution in [0.1, 0.15) is 50.3 Å². The van der Waals surface area contributed by atoms with Crippen molar-refractivity contribution < 1.29 is 0 Å². The molecule has 0 aromatic carbocycles. The first-order valence-electron chi connectivity index (χ1n) is 7.25. The van der Waals surface area contributed by atoms with Crippen LogP contribution >= 0.6 is 0 Å². The van der Waals surface area contributed by atoms with E-state index in [1.807, 2.05) is 0 Å². The number of aromatic nitrogens is 4. The minimum Gasteiger partial charge on any atom is -0.336 e. The topological polar surface area (TPSA) is 72.7 Å². The zero-order chi connectivity index (χ0) is 14.3. The van der Waals surface area contributed by atoms with Crippen LogP contribution in [0, 0.1) is 0 Å². The van der Waals surface area contributed by atoms with Crippen molar-refractivity contribution in [2.45, 2.75) is 44.4 Å². The fourth-order valence-electron chi connectivity index (χ4n) is 3.09. The molecule has 2 aromatic heterocycles. The number of aryl methyl sites for hydroxylation is 1. The highest BCUT2D eigenvalue weighted by Gasteiger charge is 2.20. The molecule has 1 saturated carbocycles. The Morgan fingerprint density at radius 3 is 2.35 bits per heavy atom. The minimum absolute atomic E-state index is 0.296. The fraction of sp³-hybridized carbons (Fsp3) is 0.643. The van der Waals surface area contributed by atoms with Gasteiger partial charge in [-0.1, -0.05) is 25.7 Å². The summed E-state index contributed by atoms with van der Waals surface area (Å²) < 4.78 is 2.56. The van der Waals surface area contributed by atoms with Crippen LogP contribution < -0.4 is 11.2 Å². The number of nitrogens with one attached hydrogen (secondary N) is 1. The summed E-state index contributed by atoms with van der Waals surface area (Å²) in [6.45, 7) is 0. The predicted molar refractivity (Wildman–Crippen MR) is 77.0 cm³/mol. The zero-order valence-electron chi connectivity index (χ0n) is 12.0. The Balaban J connectivity index is 2.15. The molecule has 1 fully saturated rings. The third kappa shape index (κ3) is 1.99. The zero-order valence-corrected chi connectivity index (χ0v) is 12.0. The fourth-order valence-corrected chi connectivity index (χ4v) is 3.09. The number of nitrogens with zero attached hydrogens (tertiary/aromatic N) is 3. The van der Waals surface area contributed by atoms with E-state index in [4.69, 9.17) is 0 Å². The van der Waals surface area contributed by atoms with Crippen molar-refractivity contribution >= 4 is 11.2 Å². The van der Waals surface area contributed by atoms with Gasteiger partial charge in [0.15, 0.2) is 5.65 Å². The number of rotatable bonds is 1. The lowest BCUT2D eigenvalue weighted by Gasteiger charge is -2.09. The van der Waals surface area contributed by atoms with E-state index >= 15 is 0 Å². The molecule has 6 heteroatoms. The molecule has 0 saturated heterocycles. The van der Waals surface area contributed by atoms with Gasteiger partial charge < -0.3 is 4.98 Å². The van der Waals surface area contributed by atoms with Gasteiger partial charge in [0.1, 0.15) is 11.3 Å². The van der Waals surface area contributed by atoms with Crippen molar-refractivity contribution in [1.29, 1.82) is 0 Å². The number of aromatic amines is 1. The molecule has 20 heavy (non-hydrogen) atoms. The second-order valence-electron chi connectivity index (χ2n) is 5.71. The van der Waals surface area contributed by atoms with Gasteiger partial charge in [0.2, 0.25) is 0 Å². The maximum atomic E-state index is 12.1. The molecule has 0 bridgehead atoms. The molecule has 0 aliphatic heterocycles. The predicted octanol–water partition coefficient (Wildman–Crippen LogP) is 1.40. The lowest BCUT2D eigenvalue weighted by atomic mass is 10.00. The van der Waals surface area contributed by atoms with E-state index in [2.05, 4.69) is 9.97 Å². The molecule has 1 N–H and O–H groups in total. The molecule has 1 aliphatic carbocycles. The van der Waals surface area contributed by atoms with Gasteiger partial charge in [-0.25, -0.2) is 9.78 Å².